The molecule has 24 heavy (non-hydrogen) atoms. The maximum atomic E-state index is 13.3. The van der Waals surface area contributed by atoms with Crippen LogP contribution in [0.5, 0.6) is 0 Å². The summed E-state index contributed by atoms with van der Waals surface area (Å²) in [6.07, 6.45) is 2.16. The van der Waals surface area contributed by atoms with E-state index < -0.39 is 0 Å². The van der Waals surface area contributed by atoms with E-state index in [1.54, 1.807) is 11.3 Å². The van der Waals surface area contributed by atoms with Crippen molar-refractivity contribution in [1.29, 1.82) is 0 Å². The number of halogens is 1. The Bertz CT molecular complexity index is 1050. The zero-order valence-corrected chi connectivity index (χ0v) is 13.7. The van der Waals surface area contributed by atoms with Gasteiger partial charge < -0.3 is 0 Å². The molecule has 0 unspecified atom stereocenters. The van der Waals surface area contributed by atoms with Crippen LogP contribution in [0.3, 0.4) is 0 Å². The summed E-state index contributed by atoms with van der Waals surface area (Å²) in [6, 6.07) is 13.0. The largest absolute Gasteiger partial charge is 0.268 e. The highest BCUT2D eigenvalue weighted by Crippen LogP contribution is 2.38. The van der Waals surface area contributed by atoms with Gasteiger partial charge in [-0.3, -0.25) is 4.68 Å². The van der Waals surface area contributed by atoms with Crippen molar-refractivity contribution in [2.75, 3.05) is 0 Å². The van der Waals surface area contributed by atoms with E-state index in [1.165, 1.54) is 28.1 Å². The minimum absolute atomic E-state index is 0.224. The molecule has 0 fully saturated rings. The summed E-state index contributed by atoms with van der Waals surface area (Å²) in [6.45, 7) is 0.951. The number of aromatic nitrogens is 3. The van der Waals surface area contributed by atoms with E-state index in [-0.39, 0.29) is 5.82 Å². The molecule has 118 valence electrons. The molecule has 0 N–H and O–H groups in total. The van der Waals surface area contributed by atoms with E-state index in [2.05, 4.69) is 27.9 Å². The van der Waals surface area contributed by atoms with Gasteiger partial charge >= 0.3 is 0 Å². The molecule has 0 atom stereocenters. The zero-order chi connectivity index (χ0) is 16.1. The number of thiazole rings is 1. The summed E-state index contributed by atoms with van der Waals surface area (Å²) in [5.74, 6) is -0.224. The van der Waals surface area contributed by atoms with E-state index >= 15 is 0 Å². The Labute approximate surface area is 142 Å². The standard InChI is InChI=1S/C19H14FN3S/c20-14-6-3-12(4-7-14)19-18(16-2-1-9-23(16)22-19)13-5-8-15-17(10-13)24-11-21-15/h3-8,10-11H,1-2,9H2. The van der Waals surface area contributed by atoms with Gasteiger partial charge in [0.25, 0.3) is 0 Å². The molecular weight excluding hydrogens is 321 g/mol. The lowest BCUT2D eigenvalue weighted by Crippen LogP contribution is -1.94. The summed E-state index contributed by atoms with van der Waals surface area (Å²) in [5.41, 5.74) is 8.40. The second kappa shape index (κ2) is 5.24. The van der Waals surface area contributed by atoms with Crippen molar-refractivity contribution in [1.82, 2.24) is 14.8 Å². The molecule has 1 aliphatic rings. The molecule has 0 spiro atoms. The Kier molecular flexibility index (Phi) is 3.03. The Hall–Kier alpha value is -2.53. The Balaban J connectivity index is 1.75. The molecule has 0 radical (unpaired) electrons. The van der Waals surface area contributed by atoms with Gasteiger partial charge in [0, 0.05) is 23.4 Å². The van der Waals surface area contributed by atoms with Gasteiger partial charge in [0.1, 0.15) is 11.5 Å². The number of aryl methyl sites for hydroxylation is 1. The highest BCUT2D eigenvalue weighted by atomic mass is 32.1. The molecule has 0 saturated heterocycles. The maximum Gasteiger partial charge on any atom is 0.123 e. The SMILES string of the molecule is Fc1ccc(-c2nn3c(c2-c2ccc4ncsc4c2)CCC3)cc1. The van der Waals surface area contributed by atoms with Crippen LogP contribution in [-0.2, 0) is 13.0 Å². The Morgan fingerprint density at radius 2 is 1.88 bits per heavy atom. The van der Waals surface area contributed by atoms with Gasteiger partial charge in [-0.05, 0) is 54.8 Å². The molecule has 4 aromatic rings. The summed E-state index contributed by atoms with van der Waals surface area (Å²) < 4.78 is 16.6. The highest BCUT2D eigenvalue weighted by molar-refractivity contribution is 7.16. The molecule has 0 amide bonds. The Morgan fingerprint density at radius 3 is 2.75 bits per heavy atom. The second-order valence-electron chi connectivity index (χ2n) is 6.04. The van der Waals surface area contributed by atoms with Crippen LogP contribution in [0.4, 0.5) is 4.39 Å². The van der Waals surface area contributed by atoms with Crippen LogP contribution >= 0.6 is 11.3 Å². The first kappa shape index (κ1) is 13.9. The third kappa shape index (κ3) is 2.08. The van der Waals surface area contributed by atoms with Crippen molar-refractivity contribution in [2.45, 2.75) is 19.4 Å². The third-order valence-electron chi connectivity index (χ3n) is 4.58. The smallest absolute Gasteiger partial charge is 0.123 e. The summed E-state index contributed by atoms with van der Waals surface area (Å²) in [5, 5.41) is 4.82. The summed E-state index contributed by atoms with van der Waals surface area (Å²) in [7, 11) is 0. The molecule has 0 aliphatic carbocycles. The maximum absolute atomic E-state index is 13.3. The lowest BCUT2D eigenvalue weighted by molar-refractivity contribution is 0.628. The molecule has 5 rings (SSSR count). The van der Waals surface area contributed by atoms with Gasteiger partial charge in [-0.2, -0.15) is 5.10 Å². The minimum atomic E-state index is -0.224. The number of fused-ring (bicyclic) bond motifs is 2. The van der Waals surface area contributed by atoms with Crippen molar-refractivity contribution in [3.63, 3.8) is 0 Å². The lowest BCUT2D eigenvalue weighted by Gasteiger charge is -2.06. The predicted molar refractivity (Wildman–Crippen MR) is 94.6 cm³/mol. The van der Waals surface area contributed by atoms with Gasteiger partial charge in [0.15, 0.2) is 0 Å². The summed E-state index contributed by atoms with van der Waals surface area (Å²) >= 11 is 1.65. The lowest BCUT2D eigenvalue weighted by atomic mass is 9.97. The van der Waals surface area contributed by atoms with E-state index in [0.29, 0.717) is 0 Å². The molecule has 3 nitrogen and oxygen atoms in total. The fraction of sp³-hybridized carbons (Fsp3) is 0.158. The first-order valence-corrected chi connectivity index (χ1v) is 8.87. The molecule has 0 saturated carbocycles. The van der Waals surface area contributed by atoms with E-state index in [4.69, 9.17) is 5.10 Å². The number of benzene rings is 2. The van der Waals surface area contributed by atoms with Crippen molar-refractivity contribution in [3.05, 3.63) is 59.5 Å². The topological polar surface area (TPSA) is 30.7 Å². The van der Waals surface area contributed by atoms with Crippen LogP contribution < -0.4 is 0 Å². The van der Waals surface area contributed by atoms with Crippen molar-refractivity contribution in [3.8, 4) is 22.4 Å². The van der Waals surface area contributed by atoms with Crippen LogP contribution in [0, 0.1) is 5.82 Å². The Morgan fingerprint density at radius 1 is 1.04 bits per heavy atom. The highest BCUT2D eigenvalue weighted by Gasteiger charge is 2.24. The summed E-state index contributed by atoms with van der Waals surface area (Å²) in [4.78, 5) is 4.36. The molecule has 5 heteroatoms. The molecule has 1 aliphatic heterocycles. The van der Waals surface area contributed by atoms with Gasteiger partial charge in [-0.25, -0.2) is 9.37 Å². The van der Waals surface area contributed by atoms with E-state index in [1.807, 2.05) is 17.6 Å². The van der Waals surface area contributed by atoms with Crippen molar-refractivity contribution >= 4 is 21.6 Å². The number of hydrogen-bond donors (Lipinski definition) is 0. The van der Waals surface area contributed by atoms with Gasteiger partial charge in [0.05, 0.1) is 15.7 Å². The monoisotopic (exact) mass is 335 g/mol. The zero-order valence-electron chi connectivity index (χ0n) is 12.9. The first-order chi connectivity index (χ1) is 11.8. The molecule has 0 bridgehead atoms. The van der Waals surface area contributed by atoms with Gasteiger partial charge in [-0.1, -0.05) is 6.07 Å². The van der Waals surface area contributed by atoms with Crippen LogP contribution in [0.25, 0.3) is 32.6 Å². The average Bonchev–Trinajstić information content (AvgIpc) is 3.29. The fourth-order valence-corrected chi connectivity index (χ4v) is 4.17. The number of nitrogens with zero attached hydrogens (tertiary/aromatic N) is 3. The van der Waals surface area contributed by atoms with Crippen LogP contribution in [0.2, 0.25) is 0 Å². The van der Waals surface area contributed by atoms with Gasteiger partial charge in [-0.15, -0.1) is 11.3 Å². The number of rotatable bonds is 2. The molecular formula is C19H14FN3S. The van der Waals surface area contributed by atoms with Crippen LogP contribution in [-0.4, -0.2) is 14.8 Å². The van der Waals surface area contributed by atoms with E-state index in [0.717, 1.165) is 41.7 Å². The van der Waals surface area contributed by atoms with Gasteiger partial charge in [0.2, 0.25) is 0 Å². The van der Waals surface area contributed by atoms with Crippen LogP contribution in [0.15, 0.2) is 48.0 Å². The molecule has 2 aromatic heterocycles. The minimum Gasteiger partial charge on any atom is -0.268 e. The van der Waals surface area contributed by atoms with Crippen molar-refractivity contribution in [2.24, 2.45) is 0 Å². The third-order valence-corrected chi connectivity index (χ3v) is 5.37. The van der Waals surface area contributed by atoms with Crippen molar-refractivity contribution < 1.29 is 4.39 Å². The average molecular weight is 335 g/mol. The first-order valence-electron chi connectivity index (χ1n) is 7.99. The fourth-order valence-electron chi connectivity index (χ4n) is 3.46. The van der Waals surface area contributed by atoms with E-state index in [9.17, 15) is 4.39 Å². The molecule has 2 aromatic carbocycles. The normalized spacial score (nSPS) is 13.5. The second-order valence-corrected chi connectivity index (χ2v) is 6.93. The molecule has 3 heterocycles. The number of hydrogen-bond acceptors (Lipinski definition) is 3. The van der Waals surface area contributed by atoms with Crippen LogP contribution in [0.1, 0.15) is 12.1 Å². The quantitative estimate of drug-likeness (QED) is 0.521. The predicted octanol–water partition coefficient (Wildman–Crippen LogP) is 4.91.